The third-order valence-electron chi connectivity index (χ3n) is 2.83. The normalized spacial score (nSPS) is 13.6. The van der Waals surface area contributed by atoms with Crippen LogP contribution in [0.25, 0.3) is 0 Å². The van der Waals surface area contributed by atoms with Gasteiger partial charge < -0.3 is 15.2 Å². The number of fused-ring (bicyclic) bond motifs is 1. The molecule has 2 heterocycles. The number of aromatic nitrogens is 2. The summed E-state index contributed by atoms with van der Waals surface area (Å²) in [6.45, 7) is 0.291. The SMILES string of the molecule is Nc1[nH]ncc1S(=O)(=O)NCc1ccc2c(c1)OCO2. The topological polar surface area (TPSA) is 119 Å². The number of aromatic amines is 1. The van der Waals surface area contributed by atoms with Crippen molar-refractivity contribution in [1.29, 1.82) is 0 Å². The zero-order valence-electron chi connectivity index (χ0n) is 10.3. The Labute approximate surface area is 114 Å². The van der Waals surface area contributed by atoms with Crippen molar-refractivity contribution in [3.05, 3.63) is 30.0 Å². The number of nitrogens with two attached hydrogens (primary N) is 1. The van der Waals surface area contributed by atoms with E-state index in [4.69, 9.17) is 15.2 Å². The smallest absolute Gasteiger partial charge is 0.246 e. The maximum absolute atomic E-state index is 12.0. The lowest BCUT2D eigenvalue weighted by atomic mass is 10.2. The Morgan fingerprint density at radius 2 is 2.15 bits per heavy atom. The van der Waals surface area contributed by atoms with E-state index in [0.717, 1.165) is 11.8 Å². The van der Waals surface area contributed by atoms with Crippen molar-refractivity contribution in [1.82, 2.24) is 14.9 Å². The average Bonchev–Trinajstić information content (AvgIpc) is 3.04. The molecule has 1 aliphatic heterocycles. The second kappa shape index (κ2) is 4.69. The summed E-state index contributed by atoms with van der Waals surface area (Å²) in [6, 6.07) is 5.22. The van der Waals surface area contributed by atoms with Gasteiger partial charge in [-0.2, -0.15) is 5.10 Å². The summed E-state index contributed by atoms with van der Waals surface area (Å²) in [5.41, 5.74) is 6.25. The number of nitrogen functional groups attached to an aromatic ring is 1. The molecule has 0 saturated carbocycles. The van der Waals surface area contributed by atoms with Crippen LogP contribution in [0.1, 0.15) is 5.56 Å². The van der Waals surface area contributed by atoms with E-state index in [1.165, 1.54) is 0 Å². The van der Waals surface area contributed by atoms with Gasteiger partial charge in [-0.3, -0.25) is 5.10 Å². The molecule has 3 rings (SSSR count). The molecule has 0 unspecified atom stereocenters. The number of benzene rings is 1. The number of ether oxygens (including phenoxy) is 2. The molecular formula is C11H12N4O4S. The van der Waals surface area contributed by atoms with Gasteiger partial charge in [-0.25, -0.2) is 13.1 Å². The van der Waals surface area contributed by atoms with Crippen LogP contribution in [0.4, 0.5) is 5.82 Å². The Kier molecular flexibility index (Phi) is 2.99. The molecule has 0 radical (unpaired) electrons. The van der Waals surface area contributed by atoms with Crippen molar-refractivity contribution in [3.8, 4) is 11.5 Å². The van der Waals surface area contributed by atoms with Crippen LogP contribution in [-0.2, 0) is 16.6 Å². The van der Waals surface area contributed by atoms with Gasteiger partial charge in [0, 0.05) is 6.54 Å². The molecule has 1 aliphatic rings. The summed E-state index contributed by atoms with van der Waals surface area (Å²) in [5.74, 6) is 1.25. The van der Waals surface area contributed by atoms with Crippen molar-refractivity contribution in [2.75, 3.05) is 12.5 Å². The third-order valence-corrected chi connectivity index (χ3v) is 4.25. The molecule has 0 amide bonds. The van der Waals surface area contributed by atoms with Gasteiger partial charge in [-0.05, 0) is 17.7 Å². The molecule has 0 aliphatic carbocycles. The first-order valence-corrected chi connectivity index (χ1v) is 7.21. The van der Waals surface area contributed by atoms with Crippen molar-refractivity contribution in [3.63, 3.8) is 0 Å². The molecule has 8 nitrogen and oxygen atoms in total. The first kappa shape index (κ1) is 12.8. The zero-order valence-corrected chi connectivity index (χ0v) is 11.1. The fourth-order valence-corrected chi connectivity index (χ4v) is 2.85. The fraction of sp³-hybridized carbons (Fsp3) is 0.182. The van der Waals surface area contributed by atoms with E-state index in [0.29, 0.717) is 11.5 Å². The monoisotopic (exact) mass is 296 g/mol. The van der Waals surface area contributed by atoms with E-state index < -0.39 is 10.0 Å². The standard InChI is InChI=1S/C11H12N4O4S/c12-11-10(5-13-15-11)20(16,17)14-4-7-1-2-8-9(3-7)19-6-18-8/h1-3,5,14H,4,6H2,(H3,12,13,15). The van der Waals surface area contributed by atoms with Crippen molar-refractivity contribution in [2.45, 2.75) is 11.4 Å². The summed E-state index contributed by atoms with van der Waals surface area (Å²) in [7, 11) is -3.70. The van der Waals surface area contributed by atoms with E-state index in [1.807, 2.05) is 0 Å². The third kappa shape index (κ3) is 2.28. The number of sulfonamides is 1. The van der Waals surface area contributed by atoms with E-state index >= 15 is 0 Å². The maximum atomic E-state index is 12.0. The summed E-state index contributed by atoms with van der Waals surface area (Å²) < 4.78 is 36.9. The minimum Gasteiger partial charge on any atom is -0.454 e. The number of anilines is 1. The lowest BCUT2D eigenvalue weighted by Crippen LogP contribution is -2.23. The molecule has 0 bridgehead atoms. The van der Waals surface area contributed by atoms with Gasteiger partial charge in [0.25, 0.3) is 0 Å². The molecule has 1 aromatic carbocycles. The Hall–Kier alpha value is -2.26. The highest BCUT2D eigenvalue weighted by Crippen LogP contribution is 2.32. The summed E-state index contributed by atoms with van der Waals surface area (Å²) >= 11 is 0. The summed E-state index contributed by atoms with van der Waals surface area (Å²) in [6.07, 6.45) is 1.16. The lowest BCUT2D eigenvalue weighted by Gasteiger charge is -2.06. The minimum atomic E-state index is -3.70. The van der Waals surface area contributed by atoms with Crippen LogP contribution >= 0.6 is 0 Å². The Morgan fingerprint density at radius 1 is 1.35 bits per heavy atom. The average molecular weight is 296 g/mol. The second-order valence-corrected chi connectivity index (χ2v) is 5.90. The Balaban J connectivity index is 1.75. The maximum Gasteiger partial charge on any atom is 0.246 e. The molecule has 0 atom stereocenters. The van der Waals surface area contributed by atoms with Gasteiger partial charge in [0.05, 0.1) is 6.20 Å². The zero-order chi connectivity index (χ0) is 14.2. The van der Waals surface area contributed by atoms with Gasteiger partial charge in [0.15, 0.2) is 11.5 Å². The van der Waals surface area contributed by atoms with Gasteiger partial charge in [-0.15, -0.1) is 0 Å². The van der Waals surface area contributed by atoms with Gasteiger partial charge >= 0.3 is 0 Å². The van der Waals surface area contributed by atoms with E-state index in [-0.39, 0.29) is 24.1 Å². The highest BCUT2D eigenvalue weighted by Gasteiger charge is 2.19. The molecule has 20 heavy (non-hydrogen) atoms. The largest absolute Gasteiger partial charge is 0.454 e. The van der Waals surface area contributed by atoms with Crippen LogP contribution in [0.15, 0.2) is 29.3 Å². The van der Waals surface area contributed by atoms with Crippen LogP contribution < -0.4 is 19.9 Å². The van der Waals surface area contributed by atoms with E-state index in [2.05, 4.69) is 14.9 Å². The number of nitrogens with one attached hydrogen (secondary N) is 2. The number of H-pyrrole nitrogens is 1. The first-order chi connectivity index (χ1) is 9.56. The molecule has 0 saturated heterocycles. The van der Waals surface area contributed by atoms with Crippen molar-refractivity contribution in [2.24, 2.45) is 0 Å². The quantitative estimate of drug-likeness (QED) is 0.741. The minimum absolute atomic E-state index is 0.00295. The number of nitrogens with zero attached hydrogens (tertiary/aromatic N) is 1. The lowest BCUT2D eigenvalue weighted by molar-refractivity contribution is 0.174. The molecule has 0 fully saturated rings. The number of hydrogen-bond donors (Lipinski definition) is 3. The van der Waals surface area contributed by atoms with Gasteiger partial charge in [0.2, 0.25) is 16.8 Å². The number of rotatable bonds is 4. The van der Waals surface area contributed by atoms with Crippen LogP contribution in [0.5, 0.6) is 11.5 Å². The Morgan fingerprint density at radius 3 is 2.90 bits per heavy atom. The van der Waals surface area contributed by atoms with Gasteiger partial charge in [-0.1, -0.05) is 6.07 Å². The van der Waals surface area contributed by atoms with Crippen LogP contribution in [-0.4, -0.2) is 25.4 Å². The molecular weight excluding hydrogens is 284 g/mol. The van der Waals surface area contributed by atoms with Crippen molar-refractivity contribution < 1.29 is 17.9 Å². The highest BCUT2D eigenvalue weighted by molar-refractivity contribution is 7.89. The molecule has 0 spiro atoms. The molecule has 9 heteroatoms. The molecule has 106 valence electrons. The Bertz CT molecular complexity index is 741. The highest BCUT2D eigenvalue weighted by atomic mass is 32.2. The van der Waals surface area contributed by atoms with E-state index in [1.54, 1.807) is 18.2 Å². The molecule has 2 aromatic rings. The first-order valence-electron chi connectivity index (χ1n) is 5.73. The predicted octanol–water partition coefficient (Wildman–Crippen LogP) is 0.199. The predicted molar refractivity (Wildman–Crippen MR) is 69.6 cm³/mol. The van der Waals surface area contributed by atoms with Gasteiger partial charge in [0.1, 0.15) is 10.7 Å². The van der Waals surface area contributed by atoms with Crippen LogP contribution in [0.3, 0.4) is 0 Å². The molecule has 1 aromatic heterocycles. The molecule has 4 N–H and O–H groups in total. The summed E-state index contributed by atoms with van der Waals surface area (Å²) in [5, 5.41) is 5.96. The fourth-order valence-electron chi connectivity index (χ4n) is 1.81. The van der Waals surface area contributed by atoms with Crippen LogP contribution in [0, 0.1) is 0 Å². The van der Waals surface area contributed by atoms with Crippen molar-refractivity contribution >= 4 is 15.8 Å². The number of hydrogen-bond acceptors (Lipinski definition) is 6. The van der Waals surface area contributed by atoms with E-state index in [9.17, 15) is 8.42 Å². The summed E-state index contributed by atoms with van der Waals surface area (Å²) in [4.78, 5) is -0.0711. The second-order valence-electron chi connectivity index (χ2n) is 4.16. The van der Waals surface area contributed by atoms with Crippen LogP contribution in [0.2, 0.25) is 0 Å².